The molecule has 0 spiro atoms. The second-order valence-electron chi connectivity index (χ2n) is 6.98. The molecule has 156 valence electrons. The van der Waals surface area contributed by atoms with Crippen molar-refractivity contribution in [3.05, 3.63) is 29.8 Å². The molecular formula is C21H39IN4O. The van der Waals surface area contributed by atoms with Crippen LogP contribution in [0.5, 0.6) is 5.75 Å². The van der Waals surface area contributed by atoms with Crippen molar-refractivity contribution in [2.24, 2.45) is 4.99 Å². The average molecular weight is 490 g/mol. The normalized spacial score (nSPS) is 11.3. The number of hydrogen-bond donors (Lipinski definition) is 1. The predicted molar refractivity (Wildman–Crippen MR) is 127 cm³/mol. The molecule has 0 saturated carbocycles. The summed E-state index contributed by atoms with van der Waals surface area (Å²) in [5.41, 5.74) is 1.25. The second kappa shape index (κ2) is 16.0. The maximum absolute atomic E-state index is 5.49. The quantitative estimate of drug-likeness (QED) is 0.206. The van der Waals surface area contributed by atoms with Gasteiger partial charge in [0.05, 0.1) is 6.61 Å². The molecule has 0 fully saturated rings. The number of nitrogens with one attached hydrogen (secondary N) is 1. The number of halogens is 1. The Balaban J connectivity index is 0.00000676. The number of rotatable bonds is 12. The molecule has 1 N–H and O–H groups in total. The van der Waals surface area contributed by atoms with E-state index in [-0.39, 0.29) is 24.0 Å². The molecule has 5 nitrogen and oxygen atoms in total. The van der Waals surface area contributed by atoms with Crippen molar-refractivity contribution in [1.82, 2.24) is 15.1 Å². The van der Waals surface area contributed by atoms with Gasteiger partial charge in [0.15, 0.2) is 5.96 Å². The molecule has 0 unspecified atom stereocenters. The second-order valence-corrected chi connectivity index (χ2v) is 6.98. The van der Waals surface area contributed by atoms with Crippen molar-refractivity contribution in [1.29, 1.82) is 0 Å². The zero-order valence-corrected chi connectivity index (χ0v) is 20.2. The summed E-state index contributed by atoms with van der Waals surface area (Å²) in [5, 5.41) is 3.47. The molecule has 0 aromatic heterocycles. The third kappa shape index (κ3) is 12.1. The van der Waals surface area contributed by atoms with Crippen molar-refractivity contribution in [3.8, 4) is 5.75 Å². The van der Waals surface area contributed by atoms with Crippen molar-refractivity contribution >= 4 is 29.9 Å². The first-order valence-electron chi connectivity index (χ1n) is 9.85. The minimum Gasteiger partial charge on any atom is -0.494 e. The Morgan fingerprint density at radius 3 is 2.22 bits per heavy atom. The Bertz CT molecular complexity index is 505. The van der Waals surface area contributed by atoms with Gasteiger partial charge in [-0.05, 0) is 58.1 Å². The lowest BCUT2D eigenvalue weighted by atomic mass is 10.1. The first-order chi connectivity index (χ1) is 12.6. The van der Waals surface area contributed by atoms with Crippen molar-refractivity contribution in [2.75, 3.05) is 47.9 Å². The van der Waals surface area contributed by atoms with Crippen LogP contribution >= 0.6 is 24.0 Å². The third-order valence-electron chi connectivity index (χ3n) is 4.29. The lowest BCUT2D eigenvalue weighted by molar-refractivity contribution is 0.340. The number of unbranched alkanes of at least 4 members (excludes halogenated alkanes) is 4. The molecule has 27 heavy (non-hydrogen) atoms. The van der Waals surface area contributed by atoms with Crippen LogP contribution in [-0.2, 0) is 6.54 Å². The highest BCUT2D eigenvalue weighted by Crippen LogP contribution is 2.13. The first-order valence-corrected chi connectivity index (χ1v) is 9.85. The summed E-state index contributed by atoms with van der Waals surface area (Å²) in [5.74, 6) is 1.87. The lowest BCUT2D eigenvalue weighted by Crippen LogP contribution is -2.38. The van der Waals surface area contributed by atoms with E-state index in [0.717, 1.165) is 24.8 Å². The summed E-state index contributed by atoms with van der Waals surface area (Å²) in [6.07, 6.45) is 6.41. The average Bonchev–Trinajstić information content (AvgIpc) is 2.62. The minimum absolute atomic E-state index is 0. The Kier molecular flexibility index (Phi) is 15.4. The van der Waals surface area contributed by atoms with Gasteiger partial charge in [-0.15, -0.1) is 24.0 Å². The molecule has 0 atom stereocenters. The monoisotopic (exact) mass is 490 g/mol. The SMILES string of the molecule is CCOc1ccc(CN(C)C(=NC)NCCCCCCCN(C)C)cc1.I. The van der Waals surface area contributed by atoms with Gasteiger partial charge in [0.1, 0.15) is 5.75 Å². The number of guanidine groups is 1. The summed E-state index contributed by atoms with van der Waals surface area (Å²) in [4.78, 5) is 8.81. The Labute approximate surface area is 183 Å². The molecule has 1 aromatic carbocycles. The smallest absolute Gasteiger partial charge is 0.193 e. The van der Waals surface area contributed by atoms with Crippen LogP contribution in [0.4, 0.5) is 0 Å². The van der Waals surface area contributed by atoms with Crippen LogP contribution in [0.3, 0.4) is 0 Å². The fourth-order valence-corrected chi connectivity index (χ4v) is 2.87. The van der Waals surface area contributed by atoms with Crippen LogP contribution in [0.1, 0.15) is 44.6 Å². The van der Waals surface area contributed by atoms with Crippen LogP contribution < -0.4 is 10.1 Å². The van der Waals surface area contributed by atoms with E-state index in [1.807, 2.05) is 26.1 Å². The third-order valence-corrected chi connectivity index (χ3v) is 4.29. The number of aliphatic imine (C=N–C) groups is 1. The molecule has 6 heteroatoms. The van der Waals surface area contributed by atoms with Gasteiger partial charge in [-0.1, -0.05) is 31.4 Å². The predicted octanol–water partition coefficient (Wildman–Crippen LogP) is 4.22. The molecule has 1 aromatic rings. The van der Waals surface area contributed by atoms with Gasteiger partial charge < -0.3 is 19.9 Å². The first kappa shape index (κ1) is 26.0. The van der Waals surface area contributed by atoms with Crippen LogP contribution in [0.25, 0.3) is 0 Å². The summed E-state index contributed by atoms with van der Waals surface area (Å²) >= 11 is 0. The summed E-state index contributed by atoms with van der Waals surface area (Å²) in [6.45, 7) is 5.71. The molecule has 0 saturated heterocycles. The van der Waals surface area contributed by atoms with Gasteiger partial charge in [0.2, 0.25) is 0 Å². The van der Waals surface area contributed by atoms with E-state index in [9.17, 15) is 0 Å². The topological polar surface area (TPSA) is 40.1 Å². The number of benzene rings is 1. The van der Waals surface area contributed by atoms with Crippen molar-refractivity contribution in [2.45, 2.75) is 45.6 Å². The summed E-state index contributed by atoms with van der Waals surface area (Å²) in [6, 6.07) is 8.28. The molecule has 0 bridgehead atoms. The van der Waals surface area contributed by atoms with Crippen molar-refractivity contribution in [3.63, 3.8) is 0 Å². The summed E-state index contributed by atoms with van der Waals surface area (Å²) in [7, 11) is 8.20. The molecule has 0 heterocycles. The highest BCUT2D eigenvalue weighted by molar-refractivity contribution is 14.0. The van der Waals surface area contributed by atoms with Crippen LogP contribution in [0.2, 0.25) is 0 Å². The Morgan fingerprint density at radius 2 is 1.63 bits per heavy atom. The fraction of sp³-hybridized carbons (Fsp3) is 0.667. The fourth-order valence-electron chi connectivity index (χ4n) is 2.87. The van der Waals surface area contributed by atoms with Gasteiger partial charge in [-0.2, -0.15) is 0 Å². The van der Waals surface area contributed by atoms with Gasteiger partial charge >= 0.3 is 0 Å². The molecule has 1 rings (SSSR count). The molecule has 0 aliphatic rings. The maximum Gasteiger partial charge on any atom is 0.193 e. The van der Waals surface area contributed by atoms with Gasteiger partial charge in [-0.25, -0.2) is 0 Å². The van der Waals surface area contributed by atoms with Crippen LogP contribution in [-0.4, -0.2) is 63.6 Å². The van der Waals surface area contributed by atoms with E-state index in [4.69, 9.17) is 4.74 Å². The minimum atomic E-state index is 0. The molecule has 0 amide bonds. The van der Waals surface area contributed by atoms with Crippen LogP contribution in [0.15, 0.2) is 29.3 Å². The van der Waals surface area contributed by atoms with Crippen LogP contribution in [0, 0.1) is 0 Å². The van der Waals surface area contributed by atoms with E-state index < -0.39 is 0 Å². The van der Waals surface area contributed by atoms with E-state index in [1.54, 1.807) is 0 Å². The number of hydrogen-bond acceptors (Lipinski definition) is 3. The Hall–Kier alpha value is -1.02. The Morgan fingerprint density at radius 1 is 1.00 bits per heavy atom. The lowest BCUT2D eigenvalue weighted by Gasteiger charge is -2.22. The standard InChI is InChI=1S/C21H38N4O.HI/c1-6-26-20-14-12-19(13-15-20)18-25(5)21(22-2)23-16-10-8-7-9-11-17-24(3)4;/h12-15H,6-11,16-18H2,1-5H3,(H,22,23);1H. The maximum atomic E-state index is 5.49. The van der Waals surface area contributed by atoms with Gasteiger partial charge in [0.25, 0.3) is 0 Å². The number of ether oxygens (including phenoxy) is 1. The zero-order chi connectivity index (χ0) is 19.2. The molecular weight excluding hydrogens is 451 g/mol. The highest BCUT2D eigenvalue weighted by atomic mass is 127. The summed E-state index contributed by atoms with van der Waals surface area (Å²) < 4.78 is 5.49. The number of nitrogens with zero attached hydrogens (tertiary/aromatic N) is 3. The molecule has 0 radical (unpaired) electrons. The highest BCUT2D eigenvalue weighted by Gasteiger charge is 2.06. The van der Waals surface area contributed by atoms with Gasteiger partial charge in [0, 0.05) is 27.2 Å². The van der Waals surface area contributed by atoms with Crippen molar-refractivity contribution < 1.29 is 4.74 Å². The van der Waals surface area contributed by atoms with E-state index in [1.165, 1.54) is 44.2 Å². The van der Waals surface area contributed by atoms with E-state index in [2.05, 4.69) is 53.4 Å². The zero-order valence-electron chi connectivity index (χ0n) is 17.8. The van der Waals surface area contributed by atoms with E-state index >= 15 is 0 Å². The largest absolute Gasteiger partial charge is 0.494 e. The van der Waals surface area contributed by atoms with Gasteiger partial charge in [-0.3, -0.25) is 4.99 Å². The molecule has 0 aliphatic heterocycles. The van der Waals surface area contributed by atoms with E-state index in [0.29, 0.717) is 6.61 Å². The molecule has 0 aliphatic carbocycles.